The van der Waals surface area contributed by atoms with Gasteiger partial charge in [0.05, 0.1) is 6.04 Å². The van der Waals surface area contributed by atoms with Gasteiger partial charge in [-0.2, -0.15) is 8.78 Å². The Balaban J connectivity index is 1.75. The predicted octanol–water partition coefficient (Wildman–Crippen LogP) is 3.45. The lowest BCUT2D eigenvalue weighted by atomic mass is 9.95. The molecule has 0 aromatic heterocycles. The minimum atomic E-state index is -1.82. The molecule has 1 aliphatic heterocycles. The lowest BCUT2D eigenvalue weighted by Crippen LogP contribution is -2.53. The van der Waals surface area contributed by atoms with E-state index in [1.165, 1.54) is 6.08 Å². The Morgan fingerprint density at radius 2 is 1.68 bits per heavy atom. The van der Waals surface area contributed by atoms with Gasteiger partial charge in [0.15, 0.2) is 23.2 Å². The van der Waals surface area contributed by atoms with Crippen molar-refractivity contribution in [3.05, 3.63) is 71.3 Å². The number of carbonyl (C=O) groups excluding carboxylic acids is 4. The van der Waals surface area contributed by atoms with E-state index in [2.05, 4.69) is 16.0 Å². The third-order valence-electron chi connectivity index (χ3n) is 6.39. The number of ketones is 1. The summed E-state index contributed by atoms with van der Waals surface area (Å²) in [5, 5.41) is 7.74. The fraction of sp³-hybridized carbons (Fsp3) is 0.379. The van der Waals surface area contributed by atoms with Crippen molar-refractivity contribution in [2.24, 2.45) is 11.8 Å². The van der Waals surface area contributed by atoms with Crippen LogP contribution in [0.1, 0.15) is 38.7 Å². The summed E-state index contributed by atoms with van der Waals surface area (Å²) in [7, 11) is 0. The Labute approximate surface area is 234 Å². The fourth-order valence-electron chi connectivity index (χ4n) is 4.28. The Hall–Kier alpha value is -4.22. The number of carbonyl (C=O) groups is 4. The molecule has 1 heterocycles. The van der Waals surface area contributed by atoms with E-state index in [9.17, 15) is 36.7 Å². The molecule has 0 radical (unpaired) electrons. The quantitative estimate of drug-likeness (QED) is 0.192. The van der Waals surface area contributed by atoms with E-state index < -0.39 is 71.2 Å². The molecule has 220 valence electrons. The molecule has 2 aromatic carbocycles. The van der Waals surface area contributed by atoms with Crippen molar-refractivity contribution in [3.63, 3.8) is 0 Å². The van der Waals surface area contributed by atoms with Crippen LogP contribution >= 0.6 is 0 Å². The molecule has 0 saturated carbocycles. The van der Waals surface area contributed by atoms with Crippen LogP contribution in [-0.2, 0) is 19.2 Å². The number of rotatable bonds is 13. The van der Waals surface area contributed by atoms with Gasteiger partial charge in [-0.1, -0.05) is 44.2 Å². The minimum absolute atomic E-state index is 0.000715. The van der Waals surface area contributed by atoms with Gasteiger partial charge in [0.1, 0.15) is 12.6 Å². The Bertz CT molecular complexity index is 1280. The number of hydrogen-bond donors (Lipinski definition) is 3. The first-order valence-electron chi connectivity index (χ1n) is 13.1. The molecule has 3 amide bonds. The Kier molecular flexibility index (Phi) is 11.0. The zero-order valence-corrected chi connectivity index (χ0v) is 22.5. The normalized spacial score (nSPS) is 16.4. The summed E-state index contributed by atoms with van der Waals surface area (Å²) < 4.78 is 59.9. The van der Waals surface area contributed by atoms with Gasteiger partial charge in [0.25, 0.3) is 0 Å². The largest absolute Gasteiger partial charge is 0.479 e. The first-order chi connectivity index (χ1) is 19.5. The van der Waals surface area contributed by atoms with Crippen molar-refractivity contribution in [3.8, 4) is 5.75 Å². The highest BCUT2D eigenvalue weighted by Crippen LogP contribution is 2.27. The highest BCUT2D eigenvalue weighted by atomic mass is 19.2. The standard InChI is InChI=1S/C29H31F4N3O5/c1-16(2)12-22(35-24(38)9-8-17-6-4-3-5-7-17)29(40)36-21(13-18-10-11-34-28(18)39)23(37)15-41-27-25(32)19(30)14-20(31)26(27)33/h3-9,14,16,18,21-22H,10-13,15H2,1-2H3,(H,34,39)(H,35,38)(H,36,40)/b9-8+/t18-,21-,22-/m0/s1. The second kappa shape index (κ2) is 14.4. The van der Waals surface area contributed by atoms with E-state index >= 15 is 0 Å². The number of ether oxygens (including phenoxy) is 1. The number of amides is 3. The van der Waals surface area contributed by atoms with Crippen molar-refractivity contribution in [2.75, 3.05) is 13.2 Å². The highest BCUT2D eigenvalue weighted by Gasteiger charge is 2.34. The van der Waals surface area contributed by atoms with Crippen LogP contribution in [0.3, 0.4) is 0 Å². The van der Waals surface area contributed by atoms with Gasteiger partial charge in [-0.3, -0.25) is 19.2 Å². The summed E-state index contributed by atoms with van der Waals surface area (Å²) in [5.74, 6) is -11.7. The van der Waals surface area contributed by atoms with Crippen molar-refractivity contribution in [2.45, 2.75) is 45.2 Å². The van der Waals surface area contributed by atoms with Crippen LogP contribution in [0.5, 0.6) is 5.75 Å². The molecule has 0 aliphatic carbocycles. The molecule has 41 heavy (non-hydrogen) atoms. The van der Waals surface area contributed by atoms with Crippen molar-refractivity contribution < 1.29 is 41.5 Å². The molecule has 1 saturated heterocycles. The van der Waals surface area contributed by atoms with E-state index in [0.29, 0.717) is 13.0 Å². The van der Waals surface area contributed by atoms with Crippen molar-refractivity contribution in [1.29, 1.82) is 0 Å². The third-order valence-corrected chi connectivity index (χ3v) is 6.39. The molecule has 8 nitrogen and oxygen atoms in total. The van der Waals surface area contributed by atoms with Crippen LogP contribution in [0.15, 0.2) is 42.5 Å². The molecule has 0 spiro atoms. The molecule has 3 rings (SSSR count). The molecule has 3 atom stereocenters. The van der Waals surface area contributed by atoms with Gasteiger partial charge >= 0.3 is 0 Å². The van der Waals surface area contributed by atoms with Gasteiger partial charge in [-0.25, -0.2) is 8.78 Å². The van der Waals surface area contributed by atoms with Crippen LogP contribution < -0.4 is 20.7 Å². The lowest BCUT2D eigenvalue weighted by molar-refractivity contribution is -0.132. The first-order valence-corrected chi connectivity index (χ1v) is 13.1. The van der Waals surface area contributed by atoms with Gasteiger partial charge in [-0.05, 0) is 36.8 Å². The van der Waals surface area contributed by atoms with Crippen molar-refractivity contribution in [1.82, 2.24) is 16.0 Å². The summed E-state index contributed by atoms with van der Waals surface area (Å²) in [6.45, 7) is 2.95. The van der Waals surface area contributed by atoms with Crippen molar-refractivity contribution >= 4 is 29.6 Å². The second-order valence-electron chi connectivity index (χ2n) is 10.1. The third kappa shape index (κ3) is 8.89. The Morgan fingerprint density at radius 1 is 1.02 bits per heavy atom. The maximum Gasteiger partial charge on any atom is 0.244 e. The molecule has 0 unspecified atom stereocenters. The van der Waals surface area contributed by atoms with Gasteiger partial charge in [0.2, 0.25) is 29.4 Å². The van der Waals surface area contributed by atoms with Crippen LogP contribution in [0.25, 0.3) is 6.08 Å². The summed E-state index contributed by atoms with van der Waals surface area (Å²) in [4.78, 5) is 51.1. The Morgan fingerprint density at radius 3 is 2.27 bits per heavy atom. The number of Topliss-reactive ketones (excluding diaryl/α,β-unsaturated/α-hetero) is 1. The maximum absolute atomic E-state index is 14.0. The number of hydrogen-bond acceptors (Lipinski definition) is 5. The average Bonchev–Trinajstić information content (AvgIpc) is 3.34. The van der Waals surface area contributed by atoms with E-state index in [1.807, 2.05) is 19.9 Å². The van der Waals surface area contributed by atoms with Crippen LogP contribution in [0, 0.1) is 35.1 Å². The summed E-state index contributed by atoms with van der Waals surface area (Å²) >= 11 is 0. The zero-order chi connectivity index (χ0) is 30.1. The topological polar surface area (TPSA) is 114 Å². The van der Waals surface area contributed by atoms with Crippen LogP contribution in [0.4, 0.5) is 17.6 Å². The highest BCUT2D eigenvalue weighted by molar-refractivity contribution is 5.97. The van der Waals surface area contributed by atoms with Gasteiger partial charge in [0, 0.05) is 24.6 Å². The fourth-order valence-corrected chi connectivity index (χ4v) is 4.28. The van der Waals surface area contributed by atoms with E-state index in [4.69, 9.17) is 4.74 Å². The predicted molar refractivity (Wildman–Crippen MR) is 141 cm³/mol. The molecule has 2 aromatic rings. The SMILES string of the molecule is CC(C)C[C@H](NC(=O)/C=C/c1ccccc1)C(=O)N[C@@H](C[C@@H]1CCNC1=O)C(=O)COc1c(F)c(F)cc(F)c1F. The van der Waals surface area contributed by atoms with Gasteiger partial charge < -0.3 is 20.7 Å². The lowest BCUT2D eigenvalue weighted by Gasteiger charge is -2.25. The number of halogens is 4. The molecule has 0 bridgehead atoms. The molecule has 1 fully saturated rings. The maximum atomic E-state index is 14.0. The van der Waals surface area contributed by atoms with E-state index in [1.54, 1.807) is 30.3 Å². The molecular formula is C29H31F4N3O5. The summed E-state index contributed by atoms with van der Waals surface area (Å²) in [6.07, 6.45) is 3.23. The number of nitrogens with one attached hydrogen (secondary N) is 3. The zero-order valence-electron chi connectivity index (χ0n) is 22.5. The van der Waals surface area contributed by atoms with Gasteiger partial charge in [-0.15, -0.1) is 0 Å². The second-order valence-corrected chi connectivity index (χ2v) is 10.1. The molecule has 1 aliphatic rings. The smallest absolute Gasteiger partial charge is 0.244 e. The molecular weight excluding hydrogens is 546 g/mol. The van der Waals surface area contributed by atoms with Crippen LogP contribution in [0.2, 0.25) is 0 Å². The summed E-state index contributed by atoms with van der Waals surface area (Å²) in [6, 6.07) is 6.56. The minimum Gasteiger partial charge on any atom is -0.479 e. The molecule has 3 N–H and O–H groups in total. The monoisotopic (exact) mass is 577 g/mol. The first kappa shape index (κ1) is 31.3. The average molecular weight is 578 g/mol. The van der Waals surface area contributed by atoms with E-state index in [-0.39, 0.29) is 30.7 Å². The summed E-state index contributed by atoms with van der Waals surface area (Å²) in [5.41, 5.74) is 0.763. The number of benzene rings is 2. The van der Waals surface area contributed by atoms with E-state index in [0.717, 1.165) is 5.56 Å². The molecule has 12 heteroatoms. The van der Waals surface area contributed by atoms with Crippen LogP contribution in [-0.4, -0.2) is 48.7 Å².